The molecule has 1 fully saturated rings. The van der Waals surface area contributed by atoms with Gasteiger partial charge in [-0.3, -0.25) is 19.2 Å². The van der Waals surface area contributed by atoms with Gasteiger partial charge in [0.05, 0.1) is 19.4 Å². The summed E-state index contributed by atoms with van der Waals surface area (Å²) in [6.45, 7) is 8.99. The number of hydrogen-bond acceptors (Lipinski definition) is 5. The average Bonchev–Trinajstić information content (AvgIpc) is 3.16. The molecule has 1 unspecified atom stereocenters. The summed E-state index contributed by atoms with van der Waals surface area (Å²) in [5.41, 5.74) is 3.99. The summed E-state index contributed by atoms with van der Waals surface area (Å²) in [5, 5.41) is 0. The van der Waals surface area contributed by atoms with Crippen molar-refractivity contribution in [1.82, 2.24) is 14.5 Å². The molecule has 2 aromatic rings. The quantitative estimate of drug-likeness (QED) is 0.830. The first-order valence-corrected chi connectivity index (χ1v) is 9.85. The fraction of sp³-hybridized carbons (Fsp3) is 0.524. The Balaban J connectivity index is 1.75. The largest absolute Gasteiger partial charge is 0.377 e. The van der Waals surface area contributed by atoms with Crippen LogP contribution in [0.3, 0.4) is 0 Å². The molecule has 0 saturated carbocycles. The predicted octanol–water partition coefficient (Wildman–Crippen LogP) is 2.97. The Hall–Kier alpha value is -2.18. The molecule has 1 saturated heterocycles. The topological polar surface area (TPSA) is 50.6 Å². The first-order valence-electron chi connectivity index (χ1n) is 9.85. The Morgan fingerprint density at radius 1 is 1.19 bits per heavy atom. The molecule has 0 aliphatic carbocycles. The van der Waals surface area contributed by atoms with Crippen LogP contribution in [0.4, 0.5) is 11.6 Å². The van der Waals surface area contributed by atoms with E-state index < -0.39 is 0 Å². The molecule has 0 radical (unpaired) electrons. The molecule has 1 atom stereocenters. The molecule has 2 aliphatic rings. The van der Waals surface area contributed by atoms with E-state index in [1.54, 1.807) is 0 Å². The van der Waals surface area contributed by atoms with Gasteiger partial charge in [0.1, 0.15) is 0 Å². The van der Waals surface area contributed by atoms with Gasteiger partial charge in [0.25, 0.3) is 5.56 Å². The predicted molar refractivity (Wildman–Crippen MR) is 106 cm³/mol. The molecule has 6 nitrogen and oxygen atoms in total. The van der Waals surface area contributed by atoms with Crippen molar-refractivity contribution in [2.75, 3.05) is 24.7 Å². The number of rotatable bonds is 4. The van der Waals surface area contributed by atoms with Crippen molar-refractivity contribution in [2.24, 2.45) is 0 Å². The summed E-state index contributed by atoms with van der Waals surface area (Å²) < 4.78 is 7.65. The molecule has 0 amide bonds. The SMILES string of the molecule is CCc1c(C)nc2n(c1=O)CN(CC1CCCO1)CN2c1ccc(C)cc1. The van der Waals surface area contributed by atoms with Crippen molar-refractivity contribution in [3.05, 3.63) is 51.4 Å². The van der Waals surface area contributed by atoms with Crippen LogP contribution in [0, 0.1) is 13.8 Å². The maximum absolute atomic E-state index is 13.1. The van der Waals surface area contributed by atoms with Crippen LogP contribution in [0.1, 0.15) is 36.6 Å². The van der Waals surface area contributed by atoms with Gasteiger partial charge in [-0.05, 0) is 45.2 Å². The maximum Gasteiger partial charge on any atom is 0.259 e. The van der Waals surface area contributed by atoms with Gasteiger partial charge in [0, 0.05) is 30.1 Å². The van der Waals surface area contributed by atoms with Crippen LogP contribution in [0.2, 0.25) is 0 Å². The van der Waals surface area contributed by atoms with Crippen LogP contribution >= 0.6 is 0 Å². The Morgan fingerprint density at radius 3 is 2.63 bits per heavy atom. The van der Waals surface area contributed by atoms with Crippen molar-refractivity contribution in [3.63, 3.8) is 0 Å². The van der Waals surface area contributed by atoms with Crippen LogP contribution in [0.15, 0.2) is 29.1 Å². The number of anilines is 2. The lowest BCUT2D eigenvalue weighted by Gasteiger charge is -2.39. The fourth-order valence-electron chi connectivity index (χ4n) is 4.05. The molecule has 144 valence electrons. The van der Waals surface area contributed by atoms with E-state index in [2.05, 4.69) is 41.0 Å². The minimum atomic E-state index is 0.0779. The Kier molecular flexibility index (Phi) is 5.02. The highest BCUT2D eigenvalue weighted by molar-refractivity contribution is 5.58. The van der Waals surface area contributed by atoms with Crippen molar-refractivity contribution >= 4 is 11.6 Å². The zero-order valence-corrected chi connectivity index (χ0v) is 16.4. The average molecular weight is 368 g/mol. The third-order valence-corrected chi connectivity index (χ3v) is 5.56. The molecule has 1 aromatic heterocycles. The molecule has 0 bridgehead atoms. The lowest BCUT2D eigenvalue weighted by atomic mass is 10.2. The molecule has 6 heteroatoms. The number of aromatic nitrogens is 2. The number of hydrogen-bond donors (Lipinski definition) is 0. The lowest BCUT2D eigenvalue weighted by molar-refractivity contribution is 0.0584. The second kappa shape index (κ2) is 7.44. The van der Waals surface area contributed by atoms with E-state index in [4.69, 9.17) is 9.72 Å². The van der Waals surface area contributed by atoms with Gasteiger partial charge < -0.3 is 4.74 Å². The van der Waals surface area contributed by atoms with Crippen LogP contribution in [-0.2, 0) is 17.8 Å². The highest BCUT2D eigenvalue weighted by Gasteiger charge is 2.29. The van der Waals surface area contributed by atoms with Crippen LogP contribution in [0.5, 0.6) is 0 Å². The third-order valence-electron chi connectivity index (χ3n) is 5.56. The van der Waals surface area contributed by atoms with Crippen LogP contribution in [0.25, 0.3) is 0 Å². The van der Waals surface area contributed by atoms with Gasteiger partial charge in [0.2, 0.25) is 5.95 Å². The molecular weight excluding hydrogens is 340 g/mol. The van der Waals surface area contributed by atoms with Gasteiger partial charge in [-0.15, -0.1) is 0 Å². The van der Waals surface area contributed by atoms with Crippen molar-refractivity contribution in [2.45, 2.75) is 52.8 Å². The molecular formula is C21H28N4O2. The van der Waals surface area contributed by atoms with E-state index >= 15 is 0 Å². The molecule has 0 spiro atoms. The van der Waals surface area contributed by atoms with Gasteiger partial charge >= 0.3 is 0 Å². The van der Waals surface area contributed by atoms with E-state index in [0.29, 0.717) is 19.8 Å². The second-order valence-corrected chi connectivity index (χ2v) is 7.60. The highest BCUT2D eigenvalue weighted by Crippen LogP contribution is 2.28. The van der Waals surface area contributed by atoms with E-state index in [1.807, 2.05) is 18.4 Å². The van der Waals surface area contributed by atoms with Crippen LogP contribution < -0.4 is 10.5 Å². The van der Waals surface area contributed by atoms with E-state index in [-0.39, 0.29) is 11.7 Å². The zero-order valence-electron chi connectivity index (χ0n) is 16.4. The molecule has 2 aliphatic heterocycles. The Labute approximate surface area is 160 Å². The summed E-state index contributed by atoms with van der Waals surface area (Å²) in [6, 6.07) is 8.41. The minimum absolute atomic E-state index is 0.0779. The first kappa shape index (κ1) is 18.2. The van der Waals surface area contributed by atoms with Gasteiger partial charge in [-0.2, -0.15) is 0 Å². The Morgan fingerprint density at radius 2 is 1.96 bits per heavy atom. The standard InChI is InChI=1S/C21H28N4O2/c1-4-19-16(3)22-21-24(17-9-7-15(2)8-10-17)13-23(14-25(21)20(19)26)12-18-6-5-11-27-18/h7-10,18H,4-6,11-14H2,1-3H3. The number of ether oxygens (including phenoxy) is 1. The minimum Gasteiger partial charge on any atom is -0.377 e. The molecule has 0 N–H and O–H groups in total. The number of fused-ring (bicyclic) bond motifs is 1. The smallest absolute Gasteiger partial charge is 0.259 e. The summed E-state index contributed by atoms with van der Waals surface area (Å²) in [6.07, 6.45) is 3.17. The maximum atomic E-state index is 13.1. The molecule has 27 heavy (non-hydrogen) atoms. The summed E-state index contributed by atoms with van der Waals surface area (Å²) in [4.78, 5) is 22.4. The number of nitrogens with zero attached hydrogens (tertiary/aromatic N) is 4. The van der Waals surface area contributed by atoms with Gasteiger partial charge in [-0.1, -0.05) is 24.6 Å². The summed E-state index contributed by atoms with van der Waals surface area (Å²) >= 11 is 0. The second-order valence-electron chi connectivity index (χ2n) is 7.60. The molecule has 1 aromatic carbocycles. The van der Waals surface area contributed by atoms with Gasteiger partial charge in [-0.25, -0.2) is 4.98 Å². The highest BCUT2D eigenvalue weighted by atomic mass is 16.5. The van der Waals surface area contributed by atoms with E-state index in [1.165, 1.54) is 5.56 Å². The monoisotopic (exact) mass is 368 g/mol. The van der Waals surface area contributed by atoms with E-state index in [0.717, 1.165) is 48.9 Å². The summed E-state index contributed by atoms with van der Waals surface area (Å²) in [5.74, 6) is 0.738. The Bertz CT molecular complexity index is 869. The zero-order chi connectivity index (χ0) is 19.0. The number of aryl methyl sites for hydroxylation is 2. The van der Waals surface area contributed by atoms with Gasteiger partial charge in [0.15, 0.2) is 0 Å². The third kappa shape index (κ3) is 3.51. The van der Waals surface area contributed by atoms with Crippen molar-refractivity contribution in [1.29, 1.82) is 0 Å². The summed E-state index contributed by atoms with van der Waals surface area (Å²) in [7, 11) is 0. The normalized spacial score (nSPS) is 20.1. The number of benzene rings is 1. The first-order chi connectivity index (χ1) is 13.1. The molecule has 3 heterocycles. The van der Waals surface area contributed by atoms with Crippen LogP contribution in [-0.4, -0.2) is 40.4 Å². The molecule has 4 rings (SSSR count). The van der Waals surface area contributed by atoms with Crippen molar-refractivity contribution in [3.8, 4) is 0 Å². The fourth-order valence-corrected chi connectivity index (χ4v) is 4.05. The van der Waals surface area contributed by atoms with E-state index in [9.17, 15) is 4.79 Å². The van der Waals surface area contributed by atoms with Crippen molar-refractivity contribution < 1.29 is 4.74 Å². The lowest BCUT2D eigenvalue weighted by Crippen LogP contribution is -2.49.